The van der Waals surface area contributed by atoms with Crippen molar-refractivity contribution in [3.63, 3.8) is 0 Å². The van der Waals surface area contributed by atoms with E-state index in [1.807, 2.05) is 67.6 Å². The molecule has 0 saturated carbocycles. The first-order valence-electron chi connectivity index (χ1n) is 8.32. The van der Waals surface area contributed by atoms with Gasteiger partial charge in [-0.1, -0.05) is 72.8 Å². The molecule has 0 fully saturated rings. The molecular formula is C22H23NO3. The third kappa shape index (κ3) is 4.36. The molecule has 3 aromatic carbocycles. The van der Waals surface area contributed by atoms with Crippen LogP contribution >= 0.6 is 0 Å². The summed E-state index contributed by atoms with van der Waals surface area (Å²) in [6.07, 6.45) is 0. The standard InChI is InChI=1S/C22H21NO2.H2O/c1-16-7-5-6-10-20(16)22(25)23-21(15-24)19-13-11-18(12-14-19)17-8-3-2-4-9-17;/h2-14,21,24H,15H2,1H3,(H,23,25);1H2. The number of aryl methyl sites for hydroxylation is 1. The van der Waals surface area contributed by atoms with Crippen molar-refractivity contribution in [1.29, 1.82) is 0 Å². The summed E-state index contributed by atoms with van der Waals surface area (Å²) >= 11 is 0. The predicted octanol–water partition coefficient (Wildman–Crippen LogP) is 3.30. The molecule has 1 unspecified atom stereocenters. The number of carbonyl (C=O) groups is 1. The van der Waals surface area contributed by atoms with E-state index in [1.165, 1.54) is 0 Å². The van der Waals surface area contributed by atoms with E-state index in [9.17, 15) is 9.90 Å². The number of amides is 1. The van der Waals surface area contributed by atoms with Gasteiger partial charge >= 0.3 is 0 Å². The Morgan fingerprint density at radius 1 is 0.885 bits per heavy atom. The van der Waals surface area contributed by atoms with Crippen LogP contribution in [0.4, 0.5) is 0 Å². The number of hydrogen-bond acceptors (Lipinski definition) is 2. The molecule has 0 spiro atoms. The van der Waals surface area contributed by atoms with Gasteiger partial charge in [0.2, 0.25) is 0 Å². The largest absolute Gasteiger partial charge is 0.412 e. The Morgan fingerprint density at radius 2 is 1.46 bits per heavy atom. The van der Waals surface area contributed by atoms with Crippen molar-refractivity contribution in [2.24, 2.45) is 0 Å². The molecule has 0 aliphatic rings. The molecule has 3 rings (SSSR count). The van der Waals surface area contributed by atoms with Gasteiger partial charge in [-0.15, -0.1) is 0 Å². The summed E-state index contributed by atoms with van der Waals surface area (Å²) in [5.41, 5.74) is 4.66. The number of nitrogens with one attached hydrogen (secondary N) is 1. The first kappa shape index (κ1) is 19.4. The molecule has 0 aliphatic heterocycles. The zero-order valence-electron chi connectivity index (χ0n) is 14.6. The van der Waals surface area contributed by atoms with Gasteiger partial charge in [0.05, 0.1) is 12.6 Å². The zero-order chi connectivity index (χ0) is 17.6. The van der Waals surface area contributed by atoms with Gasteiger partial charge in [-0.25, -0.2) is 0 Å². The third-order valence-electron chi connectivity index (χ3n) is 4.30. The fourth-order valence-electron chi connectivity index (χ4n) is 2.84. The van der Waals surface area contributed by atoms with Gasteiger partial charge in [-0.2, -0.15) is 0 Å². The fourth-order valence-corrected chi connectivity index (χ4v) is 2.84. The van der Waals surface area contributed by atoms with Crippen LogP contribution in [-0.2, 0) is 0 Å². The first-order valence-corrected chi connectivity index (χ1v) is 8.32. The van der Waals surface area contributed by atoms with E-state index < -0.39 is 6.04 Å². The molecule has 3 aromatic rings. The Kier molecular flexibility index (Phi) is 6.67. The van der Waals surface area contributed by atoms with Gasteiger partial charge in [-0.3, -0.25) is 4.79 Å². The number of carbonyl (C=O) groups excluding carboxylic acids is 1. The molecule has 134 valence electrons. The first-order chi connectivity index (χ1) is 12.2. The van der Waals surface area contributed by atoms with Gasteiger partial charge in [0.25, 0.3) is 5.91 Å². The van der Waals surface area contributed by atoms with Gasteiger partial charge < -0.3 is 15.9 Å². The van der Waals surface area contributed by atoms with Crippen molar-refractivity contribution in [3.05, 3.63) is 95.6 Å². The Bertz CT molecular complexity index is 845. The van der Waals surface area contributed by atoms with Crippen molar-refractivity contribution in [2.45, 2.75) is 13.0 Å². The van der Waals surface area contributed by atoms with E-state index in [0.717, 1.165) is 22.3 Å². The average molecular weight is 349 g/mol. The highest BCUT2D eigenvalue weighted by Gasteiger charge is 2.16. The number of aliphatic hydroxyl groups excluding tert-OH is 1. The molecule has 1 atom stereocenters. The molecule has 0 radical (unpaired) electrons. The van der Waals surface area contributed by atoms with Crippen LogP contribution < -0.4 is 5.32 Å². The smallest absolute Gasteiger partial charge is 0.252 e. The van der Waals surface area contributed by atoms with Crippen LogP contribution in [0.15, 0.2) is 78.9 Å². The van der Waals surface area contributed by atoms with Gasteiger partial charge in [0.1, 0.15) is 0 Å². The molecule has 0 bridgehead atoms. The molecule has 4 nitrogen and oxygen atoms in total. The number of hydrogen-bond donors (Lipinski definition) is 2. The summed E-state index contributed by atoms with van der Waals surface area (Å²) in [5, 5.41) is 12.6. The number of rotatable bonds is 5. The molecule has 1 amide bonds. The summed E-state index contributed by atoms with van der Waals surface area (Å²) in [5.74, 6) is -0.177. The molecule has 0 heterocycles. The van der Waals surface area contributed by atoms with Crippen molar-refractivity contribution >= 4 is 5.91 Å². The minimum atomic E-state index is -0.433. The molecule has 26 heavy (non-hydrogen) atoms. The zero-order valence-corrected chi connectivity index (χ0v) is 14.6. The molecule has 0 saturated heterocycles. The molecule has 4 N–H and O–H groups in total. The second-order valence-electron chi connectivity index (χ2n) is 6.01. The van der Waals surface area contributed by atoms with Crippen LogP contribution in [0.25, 0.3) is 11.1 Å². The second-order valence-corrected chi connectivity index (χ2v) is 6.01. The number of benzene rings is 3. The van der Waals surface area contributed by atoms with Crippen LogP contribution in [-0.4, -0.2) is 23.1 Å². The van der Waals surface area contributed by atoms with Gasteiger partial charge in [-0.05, 0) is 35.2 Å². The van der Waals surface area contributed by atoms with Crippen LogP contribution in [0.2, 0.25) is 0 Å². The lowest BCUT2D eigenvalue weighted by atomic mass is 10.0. The van der Waals surface area contributed by atoms with Crippen molar-refractivity contribution in [3.8, 4) is 11.1 Å². The SMILES string of the molecule is Cc1ccccc1C(=O)NC(CO)c1ccc(-c2ccccc2)cc1.O. The van der Waals surface area contributed by atoms with Gasteiger partial charge in [0.15, 0.2) is 0 Å². The number of aliphatic hydroxyl groups is 1. The highest BCUT2D eigenvalue weighted by molar-refractivity contribution is 5.95. The minimum Gasteiger partial charge on any atom is -0.412 e. The van der Waals surface area contributed by atoms with E-state index in [-0.39, 0.29) is 18.0 Å². The normalized spacial score (nSPS) is 11.3. The van der Waals surface area contributed by atoms with Gasteiger partial charge in [0, 0.05) is 5.56 Å². The van der Waals surface area contributed by atoms with Crippen LogP contribution in [0.3, 0.4) is 0 Å². The monoisotopic (exact) mass is 349 g/mol. The summed E-state index contributed by atoms with van der Waals surface area (Å²) in [4.78, 5) is 12.5. The average Bonchev–Trinajstić information content (AvgIpc) is 2.67. The topological polar surface area (TPSA) is 80.8 Å². The Hall–Kier alpha value is -2.95. The fraction of sp³-hybridized carbons (Fsp3) is 0.136. The Morgan fingerprint density at radius 3 is 2.08 bits per heavy atom. The van der Waals surface area contributed by atoms with Crippen molar-refractivity contribution in [1.82, 2.24) is 5.32 Å². The highest BCUT2D eigenvalue weighted by atomic mass is 16.3. The minimum absolute atomic E-state index is 0. The van der Waals surface area contributed by atoms with E-state index in [1.54, 1.807) is 6.07 Å². The molecule has 4 heteroatoms. The maximum Gasteiger partial charge on any atom is 0.252 e. The second kappa shape index (κ2) is 8.94. The highest BCUT2D eigenvalue weighted by Crippen LogP contribution is 2.22. The maximum absolute atomic E-state index is 12.5. The van der Waals surface area contributed by atoms with Crippen molar-refractivity contribution < 1.29 is 15.4 Å². The molecule has 0 aliphatic carbocycles. The quantitative estimate of drug-likeness (QED) is 0.741. The lowest BCUT2D eigenvalue weighted by Crippen LogP contribution is -2.31. The summed E-state index contributed by atoms with van der Waals surface area (Å²) < 4.78 is 0. The molecular weight excluding hydrogens is 326 g/mol. The van der Waals surface area contributed by atoms with Crippen molar-refractivity contribution in [2.75, 3.05) is 6.61 Å². The molecule has 0 aromatic heterocycles. The Labute approximate surface area is 153 Å². The van der Waals surface area contributed by atoms with Crippen LogP contribution in [0.5, 0.6) is 0 Å². The van der Waals surface area contributed by atoms with Crippen LogP contribution in [0, 0.1) is 6.92 Å². The lowest BCUT2D eigenvalue weighted by molar-refractivity contribution is 0.0915. The summed E-state index contributed by atoms with van der Waals surface area (Å²) in [7, 11) is 0. The summed E-state index contributed by atoms with van der Waals surface area (Å²) in [6, 6.07) is 25.0. The maximum atomic E-state index is 12.5. The van der Waals surface area contributed by atoms with E-state index in [2.05, 4.69) is 17.4 Å². The van der Waals surface area contributed by atoms with Crippen LogP contribution in [0.1, 0.15) is 27.5 Å². The predicted molar refractivity (Wildman–Crippen MR) is 104 cm³/mol. The Balaban J connectivity index is 0.00000243. The third-order valence-corrected chi connectivity index (χ3v) is 4.30. The lowest BCUT2D eigenvalue weighted by Gasteiger charge is -2.18. The van der Waals surface area contributed by atoms with E-state index in [0.29, 0.717) is 5.56 Å². The van der Waals surface area contributed by atoms with E-state index >= 15 is 0 Å². The van der Waals surface area contributed by atoms with E-state index in [4.69, 9.17) is 0 Å². The summed E-state index contributed by atoms with van der Waals surface area (Å²) in [6.45, 7) is 1.75.